The Kier molecular flexibility index (Phi) is 6.08. The molecule has 1 fully saturated rings. The number of nitrogens with one attached hydrogen (secondary N) is 1. The molecule has 1 aromatic carbocycles. The Bertz CT molecular complexity index is 542. The van der Waals surface area contributed by atoms with Gasteiger partial charge in [-0.2, -0.15) is 0 Å². The van der Waals surface area contributed by atoms with Crippen molar-refractivity contribution in [2.45, 2.75) is 43.9 Å². The lowest BCUT2D eigenvalue weighted by atomic mass is 9.98. The van der Waals surface area contributed by atoms with Gasteiger partial charge in [0, 0.05) is 12.4 Å². The molecule has 0 radical (unpaired) electrons. The summed E-state index contributed by atoms with van der Waals surface area (Å²) in [5.41, 5.74) is 1.18. The normalized spacial score (nSPS) is 22.6. The van der Waals surface area contributed by atoms with E-state index in [1.807, 2.05) is 12.1 Å². The van der Waals surface area contributed by atoms with Crippen LogP contribution in [0.2, 0.25) is 0 Å². The second kappa shape index (κ2) is 7.61. The lowest BCUT2D eigenvalue weighted by Gasteiger charge is -2.17. The standard InChI is InChI=1S/C16H24ClNO2S/c1-2-4-13-7-9-16(10-8-13)21(19,20)18-12-15-6-3-5-14(15)11-17/h7-10,14-15,18H,2-6,11-12H2,1H3. The molecule has 0 amide bonds. The molecular weight excluding hydrogens is 306 g/mol. The van der Waals surface area contributed by atoms with Crippen molar-refractivity contribution >= 4 is 21.6 Å². The van der Waals surface area contributed by atoms with Crippen molar-refractivity contribution in [1.29, 1.82) is 0 Å². The van der Waals surface area contributed by atoms with Crippen molar-refractivity contribution in [3.8, 4) is 0 Å². The molecule has 1 aromatic rings. The molecule has 21 heavy (non-hydrogen) atoms. The van der Waals surface area contributed by atoms with Crippen LogP contribution in [0.5, 0.6) is 0 Å². The molecule has 1 aliphatic carbocycles. The smallest absolute Gasteiger partial charge is 0.211 e. The molecule has 1 saturated carbocycles. The van der Waals surface area contributed by atoms with Crippen molar-refractivity contribution in [3.63, 3.8) is 0 Å². The van der Waals surface area contributed by atoms with E-state index in [0.717, 1.165) is 32.1 Å². The first-order chi connectivity index (χ1) is 10.1. The van der Waals surface area contributed by atoms with Crippen LogP contribution in [0.3, 0.4) is 0 Å². The lowest BCUT2D eigenvalue weighted by molar-refractivity contribution is 0.418. The molecule has 0 aromatic heterocycles. The zero-order valence-corrected chi connectivity index (χ0v) is 14.1. The molecule has 1 aliphatic rings. The highest BCUT2D eigenvalue weighted by Crippen LogP contribution is 2.32. The van der Waals surface area contributed by atoms with E-state index in [2.05, 4.69) is 11.6 Å². The number of aryl methyl sites for hydroxylation is 1. The van der Waals surface area contributed by atoms with Gasteiger partial charge in [-0.05, 0) is 48.8 Å². The van der Waals surface area contributed by atoms with Crippen molar-refractivity contribution in [3.05, 3.63) is 29.8 Å². The van der Waals surface area contributed by atoms with Gasteiger partial charge < -0.3 is 0 Å². The molecule has 3 nitrogen and oxygen atoms in total. The van der Waals surface area contributed by atoms with Gasteiger partial charge in [-0.25, -0.2) is 13.1 Å². The highest BCUT2D eigenvalue weighted by molar-refractivity contribution is 7.89. The minimum absolute atomic E-state index is 0.350. The second-order valence-electron chi connectivity index (χ2n) is 5.85. The van der Waals surface area contributed by atoms with Gasteiger partial charge in [-0.1, -0.05) is 31.9 Å². The quantitative estimate of drug-likeness (QED) is 0.777. The van der Waals surface area contributed by atoms with Gasteiger partial charge in [0.25, 0.3) is 0 Å². The van der Waals surface area contributed by atoms with Gasteiger partial charge in [-0.3, -0.25) is 0 Å². The molecule has 0 saturated heterocycles. The molecule has 118 valence electrons. The highest BCUT2D eigenvalue weighted by Gasteiger charge is 2.27. The predicted molar refractivity (Wildman–Crippen MR) is 87.2 cm³/mol. The summed E-state index contributed by atoms with van der Waals surface area (Å²) < 4.78 is 27.4. The molecule has 2 rings (SSSR count). The van der Waals surface area contributed by atoms with E-state index in [1.54, 1.807) is 12.1 Å². The first-order valence-corrected chi connectivity index (χ1v) is 9.73. The molecule has 0 aliphatic heterocycles. The zero-order valence-electron chi connectivity index (χ0n) is 12.5. The third-order valence-electron chi connectivity index (χ3n) is 4.32. The summed E-state index contributed by atoms with van der Waals surface area (Å²) in [6, 6.07) is 7.19. The van der Waals surface area contributed by atoms with E-state index in [-0.39, 0.29) is 0 Å². The van der Waals surface area contributed by atoms with Crippen molar-refractivity contribution < 1.29 is 8.42 Å². The van der Waals surface area contributed by atoms with E-state index in [9.17, 15) is 8.42 Å². The Morgan fingerprint density at radius 3 is 2.48 bits per heavy atom. The maximum Gasteiger partial charge on any atom is 0.240 e. The first kappa shape index (κ1) is 16.8. The molecule has 1 N–H and O–H groups in total. The topological polar surface area (TPSA) is 46.2 Å². The van der Waals surface area contributed by atoms with Crippen LogP contribution >= 0.6 is 11.6 Å². The zero-order chi connectivity index (χ0) is 15.3. The van der Waals surface area contributed by atoms with E-state index in [1.165, 1.54) is 5.56 Å². The molecule has 2 atom stereocenters. The molecule has 0 bridgehead atoms. The summed E-state index contributed by atoms with van der Waals surface area (Å²) >= 11 is 5.94. The minimum atomic E-state index is -3.40. The fourth-order valence-electron chi connectivity index (χ4n) is 3.01. The Balaban J connectivity index is 1.97. The molecule has 0 heterocycles. The van der Waals surface area contributed by atoms with Crippen LogP contribution in [0.1, 0.15) is 38.2 Å². The lowest BCUT2D eigenvalue weighted by Crippen LogP contribution is -2.31. The summed E-state index contributed by atoms with van der Waals surface area (Å²) in [5.74, 6) is 1.44. The van der Waals surface area contributed by atoms with Crippen LogP contribution in [-0.2, 0) is 16.4 Å². The maximum absolute atomic E-state index is 12.3. The number of alkyl halides is 1. The van der Waals surface area contributed by atoms with E-state index in [0.29, 0.717) is 29.2 Å². The van der Waals surface area contributed by atoms with Gasteiger partial charge in [0.05, 0.1) is 4.90 Å². The fourth-order valence-corrected chi connectivity index (χ4v) is 4.51. The van der Waals surface area contributed by atoms with Gasteiger partial charge in [0.2, 0.25) is 10.0 Å². The van der Waals surface area contributed by atoms with Crippen molar-refractivity contribution in [2.75, 3.05) is 12.4 Å². The van der Waals surface area contributed by atoms with Crippen LogP contribution < -0.4 is 4.72 Å². The number of halogens is 1. The molecular formula is C16H24ClNO2S. The van der Waals surface area contributed by atoms with E-state index < -0.39 is 10.0 Å². The summed E-state index contributed by atoms with van der Waals surface area (Å²) in [4.78, 5) is 0.350. The Hall–Kier alpha value is -0.580. The number of hydrogen-bond donors (Lipinski definition) is 1. The predicted octanol–water partition coefficient (Wildman–Crippen LogP) is 3.57. The van der Waals surface area contributed by atoms with Gasteiger partial charge in [-0.15, -0.1) is 11.6 Å². The monoisotopic (exact) mass is 329 g/mol. The van der Waals surface area contributed by atoms with Gasteiger partial charge in [0.15, 0.2) is 0 Å². The van der Waals surface area contributed by atoms with Crippen LogP contribution in [0.15, 0.2) is 29.2 Å². The summed E-state index contributed by atoms with van der Waals surface area (Å²) in [7, 11) is -3.40. The van der Waals surface area contributed by atoms with Crippen LogP contribution in [0, 0.1) is 11.8 Å². The van der Waals surface area contributed by atoms with Gasteiger partial charge >= 0.3 is 0 Å². The van der Waals surface area contributed by atoms with Crippen molar-refractivity contribution in [2.24, 2.45) is 11.8 Å². The first-order valence-electron chi connectivity index (χ1n) is 7.71. The molecule has 0 spiro atoms. The third-order valence-corrected chi connectivity index (χ3v) is 6.16. The summed E-state index contributed by atoms with van der Waals surface area (Å²) in [6.07, 6.45) is 5.37. The van der Waals surface area contributed by atoms with Crippen molar-refractivity contribution in [1.82, 2.24) is 4.72 Å². The Morgan fingerprint density at radius 2 is 1.86 bits per heavy atom. The summed E-state index contributed by atoms with van der Waals surface area (Å²) in [6.45, 7) is 2.61. The van der Waals surface area contributed by atoms with Crippen LogP contribution in [-0.4, -0.2) is 20.8 Å². The third kappa shape index (κ3) is 4.44. The number of sulfonamides is 1. The number of benzene rings is 1. The highest BCUT2D eigenvalue weighted by atomic mass is 35.5. The molecule has 5 heteroatoms. The Morgan fingerprint density at radius 1 is 1.19 bits per heavy atom. The Labute approximate surface area is 133 Å². The van der Waals surface area contributed by atoms with E-state index >= 15 is 0 Å². The number of rotatable bonds is 7. The van der Waals surface area contributed by atoms with E-state index in [4.69, 9.17) is 11.6 Å². The molecule has 2 unspecified atom stereocenters. The summed E-state index contributed by atoms with van der Waals surface area (Å²) in [5, 5.41) is 0. The largest absolute Gasteiger partial charge is 0.240 e. The van der Waals surface area contributed by atoms with Crippen LogP contribution in [0.25, 0.3) is 0 Å². The minimum Gasteiger partial charge on any atom is -0.211 e. The SMILES string of the molecule is CCCc1ccc(S(=O)(=O)NCC2CCCC2CCl)cc1. The average Bonchev–Trinajstić information content (AvgIpc) is 2.94. The van der Waals surface area contributed by atoms with Gasteiger partial charge in [0.1, 0.15) is 0 Å². The fraction of sp³-hybridized carbons (Fsp3) is 0.625. The number of hydrogen-bond acceptors (Lipinski definition) is 2. The van der Waals surface area contributed by atoms with Crippen LogP contribution in [0.4, 0.5) is 0 Å². The maximum atomic E-state index is 12.3. The average molecular weight is 330 g/mol. The second-order valence-corrected chi connectivity index (χ2v) is 7.93.